The molecule has 2 aliphatic rings. The summed E-state index contributed by atoms with van der Waals surface area (Å²) in [7, 11) is 0. The fourth-order valence-electron chi connectivity index (χ4n) is 2.47. The van der Waals surface area contributed by atoms with Gasteiger partial charge in [0, 0.05) is 16.5 Å². The van der Waals surface area contributed by atoms with Crippen LogP contribution in [0.5, 0.6) is 0 Å². The van der Waals surface area contributed by atoms with Gasteiger partial charge in [-0.3, -0.25) is 0 Å². The molecule has 0 saturated carbocycles. The Balaban J connectivity index is 0.00000128. The van der Waals surface area contributed by atoms with Crippen molar-refractivity contribution in [3.8, 4) is 0 Å². The van der Waals surface area contributed by atoms with Crippen LogP contribution in [-0.4, -0.2) is 0 Å². The van der Waals surface area contributed by atoms with Gasteiger partial charge >= 0.3 is 0 Å². The molecular formula is C15H19Ni. The summed E-state index contributed by atoms with van der Waals surface area (Å²) in [4.78, 5) is 0. The summed E-state index contributed by atoms with van der Waals surface area (Å²) >= 11 is 0. The molecule has 1 heteroatoms. The van der Waals surface area contributed by atoms with Crippen LogP contribution in [0, 0.1) is 24.2 Å². The Hall–Kier alpha value is -0.546. The number of hydrogen-bond donors (Lipinski definition) is 0. The smallest absolute Gasteiger partial charge is 0 e. The Morgan fingerprint density at radius 1 is 0.938 bits per heavy atom. The Bertz CT molecular complexity index is 257. The van der Waals surface area contributed by atoms with Crippen LogP contribution in [0.25, 0.3) is 0 Å². The fraction of sp³-hybridized carbons (Fsp3) is 0.400. The van der Waals surface area contributed by atoms with Crippen molar-refractivity contribution >= 4 is 0 Å². The first-order valence-corrected chi connectivity index (χ1v) is 5.89. The maximum atomic E-state index is 2.33. The third-order valence-electron chi connectivity index (χ3n) is 3.33. The van der Waals surface area contributed by atoms with Gasteiger partial charge in [-0.1, -0.05) is 62.0 Å². The second-order valence-electron chi connectivity index (χ2n) is 4.34. The van der Waals surface area contributed by atoms with E-state index in [1.807, 2.05) is 0 Å². The molecule has 0 spiro atoms. The molecule has 0 bridgehead atoms. The van der Waals surface area contributed by atoms with Gasteiger partial charge in [-0.05, 0) is 30.6 Å². The molecule has 0 aromatic heterocycles. The molecule has 0 aliphatic heterocycles. The van der Waals surface area contributed by atoms with Crippen molar-refractivity contribution in [2.75, 3.05) is 0 Å². The first kappa shape index (κ1) is 13.5. The van der Waals surface area contributed by atoms with E-state index in [9.17, 15) is 0 Å². The molecular weight excluding hydrogens is 239 g/mol. The molecule has 89 valence electrons. The van der Waals surface area contributed by atoms with E-state index in [-0.39, 0.29) is 16.5 Å². The molecule has 1 radical (unpaired) electrons. The summed E-state index contributed by atoms with van der Waals surface area (Å²) < 4.78 is 0. The van der Waals surface area contributed by atoms with Crippen LogP contribution >= 0.6 is 0 Å². The SMILES string of the molecule is C[CH]CCC(C1C=CC=C1)C1C=CC=C1.[Ni]. The molecule has 16 heavy (non-hydrogen) atoms. The standard InChI is InChI=1S/C15H19.Ni/c1-2-3-12-15(13-8-4-5-9-13)14-10-6-7-11-14;/h2,4-11,13-15H,3,12H2,1H3;. The zero-order chi connectivity index (χ0) is 10.5. The number of unbranched alkanes of at least 4 members (excludes halogenated alkanes) is 1. The minimum Gasteiger partial charge on any atom is -0.0773 e. The molecule has 0 aromatic rings. The Morgan fingerprint density at radius 2 is 1.38 bits per heavy atom. The molecule has 0 saturated heterocycles. The first-order chi connectivity index (χ1) is 7.42. The molecule has 0 atom stereocenters. The average Bonchev–Trinajstić information content (AvgIpc) is 2.90. The van der Waals surface area contributed by atoms with Gasteiger partial charge in [-0.2, -0.15) is 0 Å². The van der Waals surface area contributed by atoms with Gasteiger partial charge in [0.15, 0.2) is 0 Å². The van der Waals surface area contributed by atoms with Crippen LogP contribution in [-0.2, 0) is 16.5 Å². The predicted octanol–water partition coefficient (Wildman–Crippen LogP) is 4.09. The number of rotatable bonds is 5. The van der Waals surface area contributed by atoms with E-state index in [1.54, 1.807) is 0 Å². The van der Waals surface area contributed by atoms with E-state index in [4.69, 9.17) is 0 Å². The van der Waals surface area contributed by atoms with Crippen molar-refractivity contribution in [1.29, 1.82) is 0 Å². The van der Waals surface area contributed by atoms with Gasteiger partial charge in [-0.25, -0.2) is 0 Å². The minimum absolute atomic E-state index is 0. The van der Waals surface area contributed by atoms with Crippen LogP contribution in [0.1, 0.15) is 19.8 Å². The Morgan fingerprint density at radius 3 is 1.75 bits per heavy atom. The molecule has 0 heterocycles. The van der Waals surface area contributed by atoms with Gasteiger partial charge < -0.3 is 0 Å². The molecule has 0 aromatic carbocycles. The monoisotopic (exact) mass is 257 g/mol. The van der Waals surface area contributed by atoms with Crippen LogP contribution < -0.4 is 0 Å². The van der Waals surface area contributed by atoms with Gasteiger partial charge in [0.2, 0.25) is 0 Å². The second-order valence-corrected chi connectivity index (χ2v) is 4.34. The van der Waals surface area contributed by atoms with E-state index < -0.39 is 0 Å². The fourth-order valence-corrected chi connectivity index (χ4v) is 2.47. The third kappa shape index (κ3) is 3.22. The van der Waals surface area contributed by atoms with Crippen molar-refractivity contribution in [3.05, 3.63) is 55.0 Å². The van der Waals surface area contributed by atoms with Gasteiger partial charge in [0.05, 0.1) is 0 Å². The molecule has 0 fully saturated rings. The average molecular weight is 258 g/mol. The Labute approximate surface area is 109 Å². The third-order valence-corrected chi connectivity index (χ3v) is 3.33. The largest absolute Gasteiger partial charge is 0.0773 e. The zero-order valence-corrected chi connectivity index (χ0v) is 10.6. The summed E-state index contributed by atoms with van der Waals surface area (Å²) in [6.07, 6.45) is 22.8. The van der Waals surface area contributed by atoms with Crippen LogP contribution in [0.2, 0.25) is 0 Å². The normalized spacial score (nSPS) is 18.9. The van der Waals surface area contributed by atoms with Crippen molar-refractivity contribution in [3.63, 3.8) is 0 Å². The van der Waals surface area contributed by atoms with Gasteiger partial charge in [0.25, 0.3) is 0 Å². The molecule has 0 N–H and O–H groups in total. The summed E-state index contributed by atoms with van der Waals surface area (Å²) in [6.45, 7) is 2.15. The summed E-state index contributed by atoms with van der Waals surface area (Å²) in [5, 5.41) is 0. The molecule has 2 rings (SSSR count). The maximum Gasteiger partial charge on any atom is 0 e. The molecule has 0 nitrogen and oxygen atoms in total. The van der Waals surface area contributed by atoms with E-state index in [2.05, 4.69) is 62.0 Å². The van der Waals surface area contributed by atoms with Crippen molar-refractivity contribution in [2.24, 2.45) is 17.8 Å². The second kappa shape index (κ2) is 6.91. The number of hydrogen-bond acceptors (Lipinski definition) is 0. The quantitative estimate of drug-likeness (QED) is 0.651. The van der Waals surface area contributed by atoms with Crippen molar-refractivity contribution < 1.29 is 16.5 Å². The Kier molecular flexibility index (Phi) is 5.84. The minimum atomic E-state index is 0. The van der Waals surface area contributed by atoms with E-state index in [0.717, 1.165) is 5.92 Å². The van der Waals surface area contributed by atoms with E-state index in [0.29, 0.717) is 11.8 Å². The van der Waals surface area contributed by atoms with Gasteiger partial charge in [0.1, 0.15) is 0 Å². The van der Waals surface area contributed by atoms with Gasteiger partial charge in [-0.15, -0.1) is 0 Å². The molecule has 2 aliphatic carbocycles. The summed E-state index contributed by atoms with van der Waals surface area (Å²) in [5.74, 6) is 2.02. The first-order valence-electron chi connectivity index (χ1n) is 5.89. The predicted molar refractivity (Wildman–Crippen MR) is 66.2 cm³/mol. The maximum absolute atomic E-state index is 2.33. The van der Waals surface area contributed by atoms with Crippen LogP contribution in [0.15, 0.2) is 48.6 Å². The molecule has 0 unspecified atom stereocenters. The summed E-state index contributed by atoms with van der Waals surface area (Å²) in [5.41, 5.74) is 0. The number of allylic oxidation sites excluding steroid dienone is 8. The molecule has 0 amide bonds. The van der Waals surface area contributed by atoms with E-state index >= 15 is 0 Å². The summed E-state index contributed by atoms with van der Waals surface area (Å²) in [6, 6.07) is 0. The zero-order valence-electron chi connectivity index (χ0n) is 9.66. The topological polar surface area (TPSA) is 0 Å². The van der Waals surface area contributed by atoms with Crippen LogP contribution in [0.3, 0.4) is 0 Å². The van der Waals surface area contributed by atoms with Crippen molar-refractivity contribution in [2.45, 2.75) is 19.8 Å². The van der Waals surface area contributed by atoms with Crippen molar-refractivity contribution in [1.82, 2.24) is 0 Å². The van der Waals surface area contributed by atoms with Crippen LogP contribution in [0.4, 0.5) is 0 Å². The van der Waals surface area contributed by atoms with E-state index in [1.165, 1.54) is 12.8 Å².